The van der Waals surface area contributed by atoms with Gasteiger partial charge in [0.1, 0.15) is 5.75 Å². The van der Waals surface area contributed by atoms with Crippen LogP contribution in [0.15, 0.2) is 99.6 Å². The molecule has 6 nitrogen and oxygen atoms in total. The Morgan fingerprint density at radius 2 is 1.21 bits per heavy atom. The van der Waals surface area contributed by atoms with Crippen LogP contribution < -0.4 is 4.74 Å². The molecule has 11 heteroatoms. The Balaban J connectivity index is 1.67. The maximum atomic E-state index is 13.3. The number of hydrogen-bond acceptors (Lipinski definition) is 6. The maximum absolute atomic E-state index is 13.3. The number of rotatable bonds is 10. The molecule has 0 aliphatic carbocycles. The highest BCUT2D eigenvalue weighted by atomic mass is 32.3. The van der Waals surface area contributed by atoms with E-state index in [1.807, 2.05) is 72.8 Å². The van der Waals surface area contributed by atoms with Gasteiger partial charge in [-0.1, -0.05) is 36.4 Å². The van der Waals surface area contributed by atoms with Gasteiger partial charge in [-0.05, 0) is 55.0 Å². The molecular formula is C22H20F2O6S3. The lowest BCUT2D eigenvalue weighted by molar-refractivity contribution is 0.164. The van der Waals surface area contributed by atoms with Crippen LogP contribution in [0.5, 0.6) is 5.75 Å². The summed E-state index contributed by atoms with van der Waals surface area (Å²) in [6, 6.07) is 27.0. The lowest BCUT2D eigenvalue weighted by Crippen LogP contribution is -2.39. The molecular weight excluding hydrogens is 494 g/mol. The minimum Gasteiger partial charge on any atom is -0.743 e. The van der Waals surface area contributed by atoms with Crippen LogP contribution in [0.1, 0.15) is 6.42 Å². The number of sulfone groups is 1. The van der Waals surface area contributed by atoms with Gasteiger partial charge in [0.05, 0.1) is 23.3 Å². The second-order valence-electron chi connectivity index (χ2n) is 6.84. The molecule has 0 aromatic heterocycles. The quantitative estimate of drug-likeness (QED) is 0.230. The molecule has 0 fully saturated rings. The summed E-state index contributed by atoms with van der Waals surface area (Å²) in [5.41, 5.74) is 0. The molecule has 0 amide bonds. The normalized spacial score (nSPS) is 12.6. The molecule has 3 aromatic carbocycles. The Bertz CT molecular complexity index is 1230. The zero-order valence-corrected chi connectivity index (χ0v) is 19.6. The van der Waals surface area contributed by atoms with Crippen LogP contribution in [0.3, 0.4) is 0 Å². The fourth-order valence-corrected chi connectivity index (χ4v) is 7.22. The summed E-state index contributed by atoms with van der Waals surface area (Å²) in [6.07, 6.45) is -0.409. The van der Waals surface area contributed by atoms with Crippen LogP contribution in [0.4, 0.5) is 8.78 Å². The highest BCUT2D eigenvalue weighted by Gasteiger charge is 2.51. The molecule has 33 heavy (non-hydrogen) atoms. The molecule has 3 aromatic rings. The van der Waals surface area contributed by atoms with E-state index >= 15 is 0 Å². The number of benzene rings is 3. The number of hydrogen-bond donors (Lipinski definition) is 0. The summed E-state index contributed by atoms with van der Waals surface area (Å²) in [5.74, 6) is -0.811. The predicted molar refractivity (Wildman–Crippen MR) is 120 cm³/mol. The summed E-state index contributed by atoms with van der Waals surface area (Å²) >= 11 is 0. The largest absolute Gasteiger partial charge is 0.743 e. The Morgan fingerprint density at radius 1 is 0.758 bits per heavy atom. The second kappa shape index (κ2) is 10.2. The van der Waals surface area contributed by atoms with Crippen molar-refractivity contribution in [1.29, 1.82) is 0 Å². The Hall–Kier alpha value is -2.47. The van der Waals surface area contributed by atoms with Crippen molar-refractivity contribution >= 4 is 30.9 Å². The lowest BCUT2D eigenvalue weighted by Gasteiger charge is -2.19. The SMILES string of the molecule is O=S(=O)([O-])C(F)(F)S(=O)(=O)CCCOc1ccc([S+](c2ccccc2)c2ccccc2)cc1. The lowest BCUT2D eigenvalue weighted by atomic mass is 10.3. The number of alkyl halides is 2. The van der Waals surface area contributed by atoms with Crippen molar-refractivity contribution in [3.63, 3.8) is 0 Å². The van der Waals surface area contributed by atoms with Gasteiger partial charge in [0.15, 0.2) is 24.8 Å². The minimum atomic E-state index is -6.32. The van der Waals surface area contributed by atoms with Crippen LogP contribution in [0.2, 0.25) is 0 Å². The average Bonchev–Trinajstić information content (AvgIpc) is 2.78. The molecule has 0 heterocycles. The molecule has 0 aliphatic rings. The van der Waals surface area contributed by atoms with Gasteiger partial charge in [0, 0.05) is 0 Å². The van der Waals surface area contributed by atoms with E-state index in [2.05, 4.69) is 0 Å². The Kier molecular flexibility index (Phi) is 7.78. The van der Waals surface area contributed by atoms with E-state index in [1.54, 1.807) is 12.1 Å². The standard InChI is InChI=1S/C22H20F2O6S3/c23-22(24,33(27,28)29)32(25,26)17-7-16-30-18-12-14-21(15-13-18)31(19-8-3-1-4-9-19)20-10-5-2-6-11-20/h1-6,8-15H,7,16-17H2. The van der Waals surface area contributed by atoms with Crippen molar-refractivity contribution in [3.8, 4) is 5.75 Å². The molecule has 0 N–H and O–H groups in total. The first-order valence-corrected chi connectivity index (χ1v) is 13.9. The van der Waals surface area contributed by atoms with Crippen LogP contribution >= 0.6 is 0 Å². The summed E-state index contributed by atoms with van der Waals surface area (Å²) in [5, 5.41) is 0. The number of halogens is 2. The molecule has 0 spiro atoms. The first-order chi connectivity index (χ1) is 15.5. The fraction of sp³-hybridized carbons (Fsp3) is 0.182. The van der Waals surface area contributed by atoms with E-state index in [0.717, 1.165) is 14.7 Å². The Morgan fingerprint density at radius 3 is 1.67 bits per heavy atom. The van der Waals surface area contributed by atoms with Gasteiger partial charge < -0.3 is 9.29 Å². The second-order valence-corrected chi connectivity index (χ2v) is 12.7. The third-order valence-corrected chi connectivity index (χ3v) is 10.2. The van der Waals surface area contributed by atoms with E-state index in [4.69, 9.17) is 4.74 Å². The van der Waals surface area contributed by atoms with Crippen molar-refractivity contribution in [3.05, 3.63) is 84.9 Å². The van der Waals surface area contributed by atoms with Crippen molar-refractivity contribution in [1.82, 2.24) is 0 Å². The van der Waals surface area contributed by atoms with Crippen molar-refractivity contribution in [2.45, 2.75) is 25.7 Å². The van der Waals surface area contributed by atoms with Gasteiger partial charge in [-0.15, -0.1) is 0 Å². The Labute approximate surface area is 194 Å². The van der Waals surface area contributed by atoms with E-state index in [-0.39, 0.29) is 17.5 Å². The van der Waals surface area contributed by atoms with Gasteiger partial charge in [0.2, 0.25) is 9.84 Å². The van der Waals surface area contributed by atoms with E-state index in [0.29, 0.717) is 5.75 Å². The van der Waals surface area contributed by atoms with E-state index < -0.39 is 36.7 Å². The van der Waals surface area contributed by atoms with Gasteiger partial charge >= 0.3 is 4.59 Å². The molecule has 176 valence electrons. The van der Waals surface area contributed by atoms with Gasteiger partial charge in [0.25, 0.3) is 0 Å². The van der Waals surface area contributed by atoms with Gasteiger partial charge in [-0.3, -0.25) is 0 Å². The molecule has 0 bridgehead atoms. The number of ether oxygens (including phenoxy) is 1. The fourth-order valence-electron chi connectivity index (χ4n) is 2.91. The smallest absolute Gasteiger partial charge is 0.433 e. The molecule has 0 unspecified atom stereocenters. The zero-order valence-electron chi connectivity index (χ0n) is 17.1. The predicted octanol–water partition coefficient (Wildman–Crippen LogP) is 4.06. The van der Waals surface area contributed by atoms with Crippen LogP contribution in [0.25, 0.3) is 0 Å². The molecule has 3 rings (SSSR count). The topological polar surface area (TPSA) is 101 Å². The molecule has 0 aliphatic heterocycles. The van der Waals surface area contributed by atoms with Crippen LogP contribution in [-0.2, 0) is 30.9 Å². The average molecular weight is 515 g/mol. The molecule has 0 radical (unpaired) electrons. The summed E-state index contributed by atoms with van der Waals surface area (Å²) in [4.78, 5) is 3.26. The first-order valence-electron chi connectivity index (χ1n) is 9.66. The van der Waals surface area contributed by atoms with Gasteiger partial charge in [-0.2, -0.15) is 8.78 Å². The van der Waals surface area contributed by atoms with E-state index in [9.17, 15) is 30.2 Å². The maximum Gasteiger partial charge on any atom is 0.433 e. The van der Waals surface area contributed by atoms with Crippen molar-refractivity contribution in [2.75, 3.05) is 12.4 Å². The monoisotopic (exact) mass is 514 g/mol. The third kappa shape index (κ3) is 5.91. The van der Waals surface area contributed by atoms with Gasteiger partial charge in [-0.25, -0.2) is 16.8 Å². The van der Waals surface area contributed by atoms with Crippen LogP contribution in [0, 0.1) is 0 Å². The molecule has 0 saturated heterocycles. The summed E-state index contributed by atoms with van der Waals surface area (Å²) in [6.45, 7) is -0.253. The van der Waals surface area contributed by atoms with Crippen molar-refractivity contribution < 1.29 is 34.9 Å². The highest BCUT2D eigenvalue weighted by molar-refractivity contribution is 8.07. The molecule has 0 atom stereocenters. The summed E-state index contributed by atoms with van der Waals surface area (Å²) < 4.78 is 81.3. The third-order valence-electron chi connectivity index (χ3n) is 4.50. The zero-order chi connectivity index (χ0) is 24.1. The van der Waals surface area contributed by atoms with Crippen LogP contribution in [-0.4, -0.2) is 38.3 Å². The van der Waals surface area contributed by atoms with E-state index in [1.165, 1.54) is 0 Å². The molecule has 0 saturated carbocycles. The summed E-state index contributed by atoms with van der Waals surface area (Å²) in [7, 11) is -12.1. The highest BCUT2D eigenvalue weighted by Crippen LogP contribution is 2.32. The first kappa shape index (κ1) is 25.2. The minimum absolute atomic E-state index is 0.253. The van der Waals surface area contributed by atoms with Crippen molar-refractivity contribution in [2.24, 2.45) is 0 Å².